The summed E-state index contributed by atoms with van der Waals surface area (Å²) >= 11 is 5.85. The fraction of sp³-hybridized carbons (Fsp3) is 0.533. The molecule has 1 heterocycles. The average molecular weight is 313 g/mol. The molecular formula is C15H21ClN2O3. The van der Waals surface area contributed by atoms with E-state index in [0.29, 0.717) is 30.5 Å². The predicted octanol–water partition coefficient (Wildman–Crippen LogP) is 1.29. The highest BCUT2D eigenvalue weighted by atomic mass is 35.5. The normalized spacial score (nSPS) is 18.7. The molecule has 1 aliphatic rings. The van der Waals surface area contributed by atoms with Crippen molar-refractivity contribution < 1.29 is 14.6 Å². The Morgan fingerprint density at radius 3 is 3.14 bits per heavy atom. The summed E-state index contributed by atoms with van der Waals surface area (Å²) < 4.78 is 5.50. The molecule has 0 unspecified atom stereocenters. The Morgan fingerprint density at radius 2 is 2.38 bits per heavy atom. The van der Waals surface area contributed by atoms with Crippen molar-refractivity contribution in [2.45, 2.75) is 18.9 Å². The number of likely N-dealkylation sites (tertiary alicyclic amines) is 1. The molecule has 21 heavy (non-hydrogen) atoms. The summed E-state index contributed by atoms with van der Waals surface area (Å²) in [5, 5.41) is 12.7. The Balaban J connectivity index is 1.63. The highest BCUT2D eigenvalue weighted by Crippen LogP contribution is 2.17. The van der Waals surface area contributed by atoms with E-state index in [1.54, 1.807) is 12.1 Å². The Morgan fingerprint density at radius 1 is 1.52 bits per heavy atom. The van der Waals surface area contributed by atoms with Crippen LogP contribution >= 0.6 is 11.6 Å². The maximum absolute atomic E-state index is 11.8. The molecule has 116 valence electrons. The first-order valence-electron chi connectivity index (χ1n) is 7.19. The van der Waals surface area contributed by atoms with Crippen LogP contribution in [0, 0.1) is 0 Å². The summed E-state index contributed by atoms with van der Waals surface area (Å²) in [4.78, 5) is 13.8. The Kier molecular flexibility index (Phi) is 6.29. The summed E-state index contributed by atoms with van der Waals surface area (Å²) in [6.07, 6.45) is 2.00. The molecule has 5 nitrogen and oxygen atoms in total. The molecule has 0 aromatic heterocycles. The molecule has 0 saturated carbocycles. The fourth-order valence-corrected chi connectivity index (χ4v) is 2.65. The molecular weight excluding hydrogens is 292 g/mol. The second-order valence-corrected chi connectivity index (χ2v) is 5.54. The van der Waals surface area contributed by atoms with Crippen LogP contribution in [0.2, 0.25) is 5.02 Å². The fourth-order valence-electron chi connectivity index (χ4n) is 2.47. The minimum atomic E-state index is -0.0370. The predicted molar refractivity (Wildman–Crippen MR) is 81.6 cm³/mol. The number of benzene rings is 1. The van der Waals surface area contributed by atoms with Crippen LogP contribution in [0.1, 0.15) is 12.8 Å². The maximum Gasteiger partial charge on any atom is 0.234 e. The van der Waals surface area contributed by atoms with Crippen LogP contribution in [0.4, 0.5) is 0 Å². The van der Waals surface area contributed by atoms with E-state index in [9.17, 15) is 9.90 Å². The highest BCUT2D eigenvalue weighted by molar-refractivity contribution is 6.30. The van der Waals surface area contributed by atoms with Gasteiger partial charge in [-0.05, 0) is 37.6 Å². The third-order valence-electron chi connectivity index (χ3n) is 3.55. The lowest BCUT2D eigenvalue weighted by Crippen LogP contribution is -2.42. The third-order valence-corrected chi connectivity index (χ3v) is 3.78. The van der Waals surface area contributed by atoms with E-state index in [-0.39, 0.29) is 18.6 Å². The van der Waals surface area contributed by atoms with Crippen LogP contribution in [-0.4, -0.2) is 54.8 Å². The number of ether oxygens (including phenoxy) is 1. The van der Waals surface area contributed by atoms with Crippen LogP contribution in [0.15, 0.2) is 24.3 Å². The van der Waals surface area contributed by atoms with Crippen LogP contribution in [0.25, 0.3) is 0 Å². The van der Waals surface area contributed by atoms with Crippen molar-refractivity contribution in [2.24, 2.45) is 0 Å². The number of carbonyl (C=O) groups excluding carboxylic acids is 1. The van der Waals surface area contributed by atoms with Crippen molar-refractivity contribution >= 4 is 17.5 Å². The first-order valence-corrected chi connectivity index (χ1v) is 7.57. The monoisotopic (exact) mass is 312 g/mol. The minimum absolute atomic E-state index is 0.0370. The van der Waals surface area contributed by atoms with Gasteiger partial charge < -0.3 is 15.2 Å². The second-order valence-electron chi connectivity index (χ2n) is 5.10. The lowest BCUT2D eigenvalue weighted by molar-refractivity contribution is -0.122. The van der Waals surface area contributed by atoms with Crippen molar-refractivity contribution in [1.29, 1.82) is 0 Å². The molecule has 1 aliphatic heterocycles. The quantitative estimate of drug-likeness (QED) is 0.745. The van der Waals surface area contributed by atoms with Crippen molar-refractivity contribution in [3.05, 3.63) is 29.3 Å². The molecule has 1 saturated heterocycles. The van der Waals surface area contributed by atoms with Crippen LogP contribution < -0.4 is 10.1 Å². The summed E-state index contributed by atoms with van der Waals surface area (Å²) in [7, 11) is 0. The molecule has 0 radical (unpaired) electrons. The lowest BCUT2D eigenvalue weighted by atomic mass is 10.2. The van der Waals surface area contributed by atoms with Gasteiger partial charge in [-0.3, -0.25) is 9.69 Å². The number of carbonyl (C=O) groups is 1. The molecule has 0 bridgehead atoms. The molecule has 0 spiro atoms. The van der Waals surface area contributed by atoms with Crippen molar-refractivity contribution in [2.75, 3.05) is 32.8 Å². The van der Waals surface area contributed by atoms with Crippen LogP contribution in [0.5, 0.6) is 5.75 Å². The number of aliphatic hydroxyl groups is 1. The SMILES string of the molecule is O=C(CN1CCC[C@@H]1CO)NCCOc1cccc(Cl)c1. The molecule has 2 N–H and O–H groups in total. The zero-order chi connectivity index (χ0) is 15.1. The van der Waals surface area contributed by atoms with Gasteiger partial charge >= 0.3 is 0 Å². The number of hydrogen-bond donors (Lipinski definition) is 2. The van der Waals surface area contributed by atoms with Crippen molar-refractivity contribution in [3.8, 4) is 5.75 Å². The van der Waals surface area contributed by atoms with Gasteiger partial charge in [0.05, 0.1) is 19.7 Å². The third kappa shape index (κ3) is 5.19. The topological polar surface area (TPSA) is 61.8 Å². The number of rotatable bonds is 7. The molecule has 0 aliphatic carbocycles. The van der Waals surface area contributed by atoms with Gasteiger partial charge in [0.25, 0.3) is 0 Å². The zero-order valence-corrected chi connectivity index (χ0v) is 12.7. The largest absolute Gasteiger partial charge is 0.492 e. The molecule has 6 heteroatoms. The van der Waals surface area contributed by atoms with E-state index >= 15 is 0 Å². The number of aliphatic hydroxyl groups excluding tert-OH is 1. The molecule has 1 aromatic carbocycles. The van der Waals surface area contributed by atoms with Gasteiger partial charge in [-0.2, -0.15) is 0 Å². The summed E-state index contributed by atoms with van der Waals surface area (Å²) in [6.45, 7) is 2.17. The average Bonchev–Trinajstić information content (AvgIpc) is 2.91. The summed E-state index contributed by atoms with van der Waals surface area (Å²) in [5.74, 6) is 0.654. The highest BCUT2D eigenvalue weighted by Gasteiger charge is 2.25. The number of amides is 1. The Labute approximate surface area is 129 Å². The van der Waals surface area contributed by atoms with Crippen molar-refractivity contribution in [3.63, 3.8) is 0 Å². The number of hydrogen-bond acceptors (Lipinski definition) is 4. The maximum atomic E-state index is 11.8. The second kappa shape index (κ2) is 8.22. The molecule has 1 atom stereocenters. The number of nitrogens with zero attached hydrogens (tertiary/aromatic N) is 1. The van der Waals surface area contributed by atoms with Gasteiger partial charge in [0.15, 0.2) is 0 Å². The summed E-state index contributed by atoms with van der Waals surface area (Å²) in [5.41, 5.74) is 0. The van der Waals surface area contributed by atoms with Crippen molar-refractivity contribution in [1.82, 2.24) is 10.2 Å². The zero-order valence-electron chi connectivity index (χ0n) is 11.9. The van der Waals surface area contributed by atoms with Gasteiger partial charge in [-0.25, -0.2) is 0 Å². The van der Waals surface area contributed by atoms with E-state index < -0.39 is 0 Å². The molecule has 2 rings (SSSR count). The molecule has 1 fully saturated rings. The van der Waals surface area contributed by atoms with E-state index in [0.717, 1.165) is 19.4 Å². The standard InChI is InChI=1S/C15H21ClN2O3/c16-12-3-1-5-14(9-12)21-8-6-17-15(20)10-18-7-2-4-13(18)11-19/h1,3,5,9,13,19H,2,4,6-8,10-11H2,(H,17,20)/t13-/m1/s1. The lowest BCUT2D eigenvalue weighted by Gasteiger charge is -2.21. The first-order chi connectivity index (χ1) is 10.2. The molecule has 1 amide bonds. The minimum Gasteiger partial charge on any atom is -0.492 e. The van der Waals surface area contributed by atoms with E-state index in [1.165, 1.54) is 0 Å². The smallest absolute Gasteiger partial charge is 0.234 e. The van der Waals surface area contributed by atoms with Gasteiger partial charge in [0.1, 0.15) is 12.4 Å². The Hall–Kier alpha value is -1.30. The van der Waals surface area contributed by atoms with Gasteiger partial charge in [0.2, 0.25) is 5.91 Å². The van der Waals surface area contributed by atoms with Gasteiger partial charge in [-0.15, -0.1) is 0 Å². The van der Waals surface area contributed by atoms with Gasteiger partial charge in [-0.1, -0.05) is 17.7 Å². The van der Waals surface area contributed by atoms with Crippen LogP contribution in [-0.2, 0) is 4.79 Å². The van der Waals surface area contributed by atoms with E-state index in [4.69, 9.17) is 16.3 Å². The van der Waals surface area contributed by atoms with Crippen LogP contribution in [0.3, 0.4) is 0 Å². The first kappa shape index (κ1) is 16.1. The van der Waals surface area contributed by atoms with E-state index in [2.05, 4.69) is 5.32 Å². The number of halogens is 1. The van der Waals surface area contributed by atoms with E-state index in [1.807, 2.05) is 17.0 Å². The molecule has 1 aromatic rings. The number of nitrogens with one attached hydrogen (secondary N) is 1. The summed E-state index contributed by atoms with van der Waals surface area (Å²) in [6, 6.07) is 7.28. The van der Waals surface area contributed by atoms with Gasteiger partial charge in [0, 0.05) is 11.1 Å². The Bertz CT molecular complexity index is 470.